The quantitative estimate of drug-likeness (QED) is 0.845. The Morgan fingerprint density at radius 3 is 2.64 bits per heavy atom. The zero-order chi connectivity index (χ0) is 19.8. The lowest BCUT2D eigenvalue weighted by atomic mass is 9.82. The number of carbonyl (C=O) groups excluding carboxylic acids is 1. The minimum atomic E-state index is -0.0147. The summed E-state index contributed by atoms with van der Waals surface area (Å²) in [5.41, 5.74) is 3.58. The molecule has 2 heterocycles. The van der Waals surface area contributed by atoms with Crippen LogP contribution in [0.25, 0.3) is 11.0 Å². The number of aryl methyl sites for hydroxylation is 3. The van der Waals surface area contributed by atoms with Crippen LogP contribution in [0, 0.1) is 12.8 Å². The van der Waals surface area contributed by atoms with Crippen molar-refractivity contribution in [1.82, 2.24) is 14.5 Å². The topological polar surface area (TPSA) is 77.3 Å². The number of nitrogens with one attached hydrogen (secondary N) is 2. The summed E-state index contributed by atoms with van der Waals surface area (Å²) >= 11 is 0. The Morgan fingerprint density at radius 2 is 1.93 bits per heavy atom. The van der Waals surface area contributed by atoms with Gasteiger partial charge in [-0.25, -0.2) is 4.79 Å². The Labute approximate surface area is 165 Å². The van der Waals surface area contributed by atoms with E-state index in [1.165, 1.54) is 0 Å². The molecule has 7 heteroatoms. The van der Waals surface area contributed by atoms with Crippen molar-refractivity contribution in [2.45, 2.75) is 65.3 Å². The van der Waals surface area contributed by atoms with Crippen LogP contribution in [-0.2, 0) is 22.6 Å². The van der Waals surface area contributed by atoms with E-state index in [9.17, 15) is 9.59 Å². The van der Waals surface area contributed by atoms with E-state index in [4.69, 9.17) is 4.74 Å². The predicted octanol–water partition coefficient (Wildman–Crippen LogP) is 2.25. The fourth-order valence-corrected chi connectivity index (χ4v) is 4.70. The molecule has 2 fully saturated rings. The number of carbonyl (C=O) groups is 1. The van der Waals surface area contributed by atoms with Crippen molar-refractivity contribution >= 4 is 22.6 Å². The number of benzene rings is 1. The number of nitrogens with zero attached hydrogens (tertiary/aromatic N) is 2. The Hall–Kier alpha value is -2.12. The molecule has 28 heavy (non-hydrogen) atoms. The molecule has 3 atom stereocenters. The van der Waals surface area contributed by atoms with E-state index in [2.05, 4.69) is 10.6 Å². The molecule has 2 N–H and O–H groups in total. The fraction of sp³-hybridized carbons (Fsp3) is 0.619. The maximum atomic E-state index is 13.0. The highest BCUT2D eigenvalue weighted by Crippen LogP contribution is 2.30. The van der Waals surface area contributed by atoms with Crippen LogP contribution in [0.3, 0.4) is 0 Å². The highest BCUT2D eigenvalue weighted by molar-refractivity contribution is 5.95. The Morgan fingerprint density at radius 1 is 1.21 bits per heavy atom. The molecule has 0 bridgehead atoms. The summed E-state index contributed by atoms with van der Waals surface area (Å²) in [6, 6.07) is 4.23. The van der Waals surface area contributed by atoms with Crippen LogP contribution in [0.4, 0.5) is 5.69 Å². The normalized spacial score (nSPS) is 24.9. The van der Waals surface area contributed by atoms with Crippen LogP contribution >= 0.6 is 0 Å². The van der Waals surface area contributed by atoms with Gasteiger partial charge in [0.25, 0.3) is 0 Å². The first-order valence-corrected chi connectivity index (χ1v) is 10.4. The second kappa shape index (κ2) is 7.72. The molecular formula is C21H30N4O3. The number of anilines is 1. The number of ether oxygens (including phenoxy) is 1. The molecule has 4 rings (SSSR count). The summed E-state index contributed by atoms with van der Waals surface area (Å²) in [5.74, 6) is 0.0488. The van der Waals surface area contributed by atoms with E-state index in [1.807, 2.05) is 32.9 Å². The van der Waals surface area contributed by atoms with Gasteiger partial charge in [0.15, 0.2) is 0 Å². The monoisotopic (exact) mass is 386 g/mol. The zero-order valence-electron chi connectivity index (χ0n) is 17.0. The van der Waals surface area contributed by atoms with Crippen LogP contribution in [0.2, 0.25) is 0 Å². The van der Waals surface area contributed by atoms with Gasteiger partial charge in [0, 0.05) is 37.3 Å². The molecular weight excluding hydrogens is 356 g/mol. The van der Waals surface area contributed by atoms with Gasteiger partial charge >= 0.3 is 5.69 Å². The van der Waals surface area contributed by atoms with Gasteiger partial charge in [-0.3, -0.25) is 13.9 Å². The van der Waals surface area contributed by atoms with E-state index in [0.717, 1.165) is 54.7 Å². The summed E-state index contributed by atoms with van der Waals surface area (Å²) in [6.45, 7) is 8.78. The highest BCUT2D eigenvalue weighted by Gasteiger charge is 2.36. The van der Waals surface area contributed by atoms with Crippen molar-refractivity contribution in [3.05, 3.63) is 28.2 Å². The van der Waals surface area contributed by atoms with Gasteiger partial charge in [0.1, 0.15) is 0 Å². The Balaban J connectivity index is 1.58. The van der Waals surface area contributed by atoms with E-state index in [-0.39, 0.29) is 29.7 Å². The number of aromatic nitrogens is 2. The molecule has 152 valence electrons. The summed E-state index contributed by atoms with van der Waals surface area (Å²) in [7, 11) is 0. The average molecular weight is 386 g/mol. The van der Waals surface area contributed by atoms with Gasteiger partial charge in [0.05, 0.1) is 23.7 Å². The second-order valence-electron chi connectivity index (χ2n) is 7.90. The van der Waals surface area contributed by atoms with E-state index < -0.39 is 0 Å². The van der Waals surface area contributed by atoms with Crippen molar-refractivity contribution in [3.8, 4) is 0 Å². The average Bonchev–Trinajstić information content (AvgIpc) is 2.97. The van der Waals surface area contributed by atoms with Gasteiger partial charge in [-0.2, -0.15) is 0 Å². The molecule has 1 saturated heterocycles. The minimum absolute atomic E-state index is 0.00423. The zero-order valence-corrected chi connectivity index (χ0v) is 17.0. The lowest BCUT2D eigenvalue weighted by molar-refractivity contribution is -0.123. The summed E-state index contributed by atoms with van der Waals surface area (Å²) in [4.78, 5) is 25.6. The van der Waals surface area contributed by atoms with Gasteiger partial charge < -0.3 is 15.4 Å². The van der Waals surface area contributed by atoms with Crippen molar-refractivity contribution in [1.29, 1.82) is 0 Å². The Bertz CT molecular complexity index is 945. The lowest BCUT2D eigenvalue weighted by Gasteiger charge is -2.39. The molecule has 1 amide bonds. The summed E-state index contributed by atoms with van der Waals surface area (Å²) < 4.78 is 9.37. The van der Waals surface area contributed by atoms with Crippen LogP contribution in [0.1, 0.15) is 38.7 Å². The van der Waals surface area contributed by atoms with Crippen LogP contribution in [0.5, 0.6) is 0 Å². The molecule has 2 aliphatic rings. The van der Waals surface area contributed by atoms with E-state index in [0.29, 0.717) is 13.1 Å². The third kappa shape index (κ3) is 3.26. The maximum Gasteiger partial charge on any atom is 0.329 e. The van der Waals surface area contributed by atoms with E-state index in [1.54, 1.807) is 9.13 Å². The molecule has 0 radical (unpaired) electrons. The molecule has 0 spiro atoms. The van der Waals surface area contributed by atoms with Gasteiger partial charge in [-0.1, -0.05) is 0 Å². The molecule has 1 aromatic heterocycles. The van der Waals surface area contributed by atoms with Crippen molar-refractivity contribution in [2.75, 3.05) is 18.5 Å². The van der Waals surface area contributed by atoms with Crippen LogP contribution < -0.4 is 16.3 Å². The highest BCUT2D eigenvalue weighted by atomic mass is 16.5. The maximum absolute atomic E-state index is 13.0. The first-order valence-electron chi connectivity index (χ1n) is 10.4. The molecule has 1 aromatic carbocycles. The molecule has 1 aliphatic heterocycles. The summed E-state index contributed by atoms with van der Waals surface area (Å²) in [5, 5.41) is 6.62. The summed E-state index contributed by atoms with van der Waals surface area (Å²) in [6.07, 6.45) is 2.82. The number of amides is 1. The standard InChI is InChI=1S/C21H30N4O3/c1-4-24-17-10-13(3)15(12-18(17)25(5-2)21(24)27)23-20(26)14-6-7-19-16(11-14)22-8-9-28-19/h10,12,14,16,19,22H,4-9,11H2,1-3H3,(H,23,26)/t14-,16+,19+/m0/s1. The third-order valence-electron chi connectivity index (χ3n) is 6.25. The van der Waals surface area contributed by atoms with Gasteiger partial charge in [0.2, 0.25) is 5.91 Å². The number of hydrogen-bond donors (Lipinski definition) is 2. The fourth-order valence-electron chi connectivity index (χ4n) is 4.70. The molecule has 2 aromatic rings. The predicted molar refractivity (Wildman–Crippen MR) is 110 cm³/mol. The SMILES string of the molecule is CCn1c(=O)n(CC)c2cc(NC(=O)[C@H]3CC[C@H]4OCCN[C@@H]4C3)c(C)cc21. The first-order chi connectivity index (χ1) is 13.5. The minimum Gasteiger partial charge on any atom is -0.375 e. The molecule has 1 aliphatic carbocycles. The third-order valence-corrected chi connectivity index (χ3v) is 6.25. The van der Waals surface area contributed by atoms with E-state index >= 15 is 0 Å². The second-order valence-corrected chi connectivity index (χ2v) is 7.90. The number of rotatable bonds is 4. The van der Waals surface area contributed by atoms with Crippen LogP contribution in [-0.4, -0.2) is 40.3 Å². The lowest BCUT2D eigenvalue weighted by Crippen LogP contribution is -2.52. The molecule has 1 saturated carbocycles. The number of hydrogen-bond acceptors (Lipinski definition) is 4. The van der Waals surface area contributed by atoms with Crippen molar-refractivity contribution in [3.63, 3.8) is 0 Å². The number of morpholine rings is 1. The van der Waals surface area contributed by atoms with Crippen molar-refractivity contribution < 1.29 is 9.53 Å². The molecule has 0 unspecified atom stereocenters. The molecule has 7 nitrogen and oxygen atoms in total. The van der Waals surface area contributed by atoms with Crippen LogP contribution in [0.15, 0.2) is 16.9 Å². The number of imidazole rings is 1. The largest absolute Gasteiger partial charge is 0.375 e. The van der Waals surface area contributed by atoms with Gasteiger partial charge in [-0.05, 0) is 57.7 Å². The first kappa shape index (κ1) is 19.2. The number of fused-ring (bicyclic) bond motifs is 2. The Kier molecular flexibility index (Phi) is 5.29. The van der Waals surface area contributed by atoms with Crippen molar-refractivity contribution in [2.24, 2.45) is 5.92 Å². The smallest absolute Gasteiger partial charge is 0.329 e. The van der Waals surface area contributed by atoms with Gasteiger partial charge in [-0.15, -0.1) is 0 Å².